The SMILES string of the molecule is [2H]c1c(C(=O)O)cc([N+](=O)[O-])cc1[N+](=O)[O-]. The summed E-state index contributed by atoms with van der Waals surface area (Å²) in [6.07, 6.45) is 0. The third kappa shape index (κ3) is 2.24. The molecule has 1 aromatic carbocycles. The minimum atomic E-state index is -1.63. The van der Waals surface area contributed by atoms with E-state index >= 15 is 0 Å². The predicted octanol–water partition coefficient (Wildman–Crippen LogP) is 1.20. The van der Waals surface area contributed by atoms with Crippen molar-refractivity contribution >= 4 is 17.3 Å². The van der Waals surface area contributed by atoms with Gasteiger partial charge < -0.3 is 5.11 Å². The van der Waals surface area contributed by atoms with Crippen LogP contribution in [0.4, 0.5) is 11.4 Å². The number of carbonyl (C=O) groups is 1. The molecule has 1 rings (SSSR count). The van der Waals surface area contributed by atoms with Gasteiger partial charge in [0.05, 0.1) is 22.8 Å². The summed E-state index contributed by atoms with van der Waals surface area (Å²) in [4.78, 5) is 29.4. The van der Waals surface area contributed by atoms with Gasteiger partial charge in [-0.25, -0.2) is 4.79 Å². The number of carboxylic acids is 1. The Labute approximate surface area is 83.5 Å². The first kappa shape index (κ1) is 9.06. The number of nitro groups is 2. The van der Waals surface area contributed by atoms with Crippen LogP contribution in [0.1, 0.15) is 11.7 Å². The lowest BCUT2D eigenvalue weighted by atomic mass is 10.2. The number of carboxylic acid groups (broad SMARTS) is 1. The van der Waals surface area contributed by atoms with Gasteiger partial charge in [0.15, 0.2) is 0 Å². The van der Waals surface area contributed by atoms with Crippen molar-refractivity contribution in [1.82, 2.24) is 0 Å². The summed E-state index contributed by atoms with van der Waals surface area (Å²) in [6.45, 7) is 0. The van der Waals surface area contributed by atoms with Gasteiger partial charge in [-0.2, -0.15) is 0 Å². The van der Waals surface area contributed by atoms with E-state index in [9.17, 15) is 25.0 Å². The molecule has 0 aliphatic heterocycles. The van der Waals surface area contributed by atoms with Crippen LogP contribution in [0.3, 0.4) is 0 Å². The van der Waals surface area contributed by atoms with Gasteiger partial charge in [-0.15, -0.1) is 0 Å². The van der Waals surface area contributed by atoms with Crippen LogP contribution in [0.5, 0.6) is 0 Å². The van der Waals surface area contributed by atoms with Crippen molar-refractivity contribution in [1.29, 1.82) is 0 Å². The lowest BCUT2D eigenvalue weighted by molar-refractivity contribution is -0.394. The monoisotopic (exact) mass is 213 g/mol. The molecule has 0 aromatic heterocycles. The van der Waals surface area contributed by atoms with Gasteiger partial charge in [0, 0.05) is 12.1 Å². The van der Waals surface area contributed by atoms with E-state index in [-0.39, 0.29) is 0 Å². The van der Waals surface area contributed by atoms with E-state index in [2.05, 4.69) is 0 Å². The van der Waals surface area contributed by atoms with Crippen LogP contribution in [0.2, 0.25) is 0 Å². The maximum Gasteiger partial charge on any atom is 0.336 e. The normalized spacial score (nSPS) is 10.5. The molecule has 0 radical (unpaired) electrons. The topological polar surface area (TPSA) is 124 Å². The van der Waals surface area contributed by atoms with Crippen LogP contribution >= 0.6 is 0 Å². The first-order valence-electron chi connectivity index (χ1n) is 4.01. The number of aromatic carboxylic acids is 1. The number of hydrogen-bond donors (Lipinski definition) is 1. The quantitative estimate of drug-likeness (QED) is 0.594. The van der Waals surface area contributed by atoms with E-state index in [1.54, 1.807) is 0 Å². The Hall–Kier alpha value is -2.51. The zero-order valence-electron chi connectivity index (χ0n) is 8.04. The molecule has 0 unspecified atom stereocenters. The van der Waals surface area contributed by atoms with Crippen molar-refractivity contribution in [2.24, 2.45) is 0 Å². The van der Waals surface area contributed by atoms with E-state index in [0.29, 0.717) is 12.1 Å². The molecule has 0 fully saturated rings. The predicted molar refractivity (Wildman–Crippen MR) is 46.7 cm³/mol. The molecular weight excluding hydrogens is 208 g/mol. The Morgan fingerprint density at radius 1 is 1.27 bits per heavy atom. The van der Waals surface area contributed by atoms with Gasteiger partial charge in [0.1, 0.15) is 0 Å². The third-order valence-electron chi connectivity index (χ3n) is 1.48. The number of non-ortho nitro benzene ring substituents is 1. The average molecular weight is 213 g/mol. The molecule has 8 nitrogen and oxygen atoms in total. The molecule has 0 bridgehead atoms. The molecule has 8 heteroatoms. The zero-order chi connectivity index (χ0) is 12.5. The number of rotatable bonds is 3. The van der Waals surface area contributed by atoms with Gasteiger partial charge in [-0.1, -0.05) is 0 Å². The van der Waals surface area contributed by atoms with Gasteiger partial charge in [-0.05, 0) is 0 Å². The molecule has 1 aromatic rings. The van der Waals surface area contributed by atoms with Crippen molar-refractivity contribution in [3.63, 3.8) is 0 Å². The maximum absolute atomic E-state index is 10.6. The Balaban J connectivity index is 3.57. The Morgan fingerprint density at radius 3 is 2.20 bits per heavy atom. The zero-order valence-corrected chi connectivity index (χ0v) is 7.04. The fourth-order valence-corrected chi connectivity index (χ4v) is 0.859. The summed E-state index contributed by atoms with van der Waals surface area (Å²) in [5.74, 6) is -1.63. The fourth-order valence-electron chi connectivity index (χ4n) is 0.859. The number of hydrogen-bond acceptors (Lipinski definition) is 5. The number of benzene rings is 1. The molecule has 0 saturated heterocycles. The van der Waals surface area contributed by atoms with Crippen molar-refractivity contribution in [3.05, 3.63) is 44.0 Å². The van der Waals surface area contributed by atoms with E-state index in [1.165, 1.54) is 0 Å². The van der Waals surface area contributed by atoms with Crippen LogP contribution < -0.4 is 0 Å². The molecule has 0 aliphatic carbocycles. The van der Waals surface area contributed by atoms with E-state index in [1.807, 2.05) is 0 Å². The summed E-state index contributed by atoms with van der Waals surface area (Å²) in [6, 6.07) is 0.301. The number of nitrogens with zero attached hydrogens (tertiary/aromatic N) is 2. The first-order chi connectivity index (χ1) is 7.34. The van der Waals surface area contributed by atoms with Gasteiger partial charge in [0.2, 0.25) is 0 Å². The van der Waals surface area contributed by atoms with Gasteiger partial charge >= 0.3 is 5.97 Å². The molecular formula is C7H4N2O6. The maximum atomic E-state index is 10.6. The van der Waals surface area contributed by atoms with Gasteiger partial charge in [-0.3, -0.25) is 20.2 Å². The van der Waals surface area contributed by atoms with E-state index in [0.717, 1.165) is 0 Å². The van der Waals surface area contributed by atoms with Crippen LogP contribution in [-0.4, -0.2) is 20.9 Å². The molecule has 0 amide bonds. The van der Waals surface area contributed by atoms with E-state index in [4.69, 9.17) is 6.48 Å². The van der Waals surface area contributed by atoms with Gasteiger partial charge in [0.25, 0.3) is 11.4 Å². The number of nitro benzene ring substituents is 2. The van der Waals surface area contributed by atoms with Crippen LogP contribution in [-0.2, 0) is 0 Å². The largest absolute Gasteiger partial charge is 0.478 e. The summed E-state index contributed by atoms with van der Waals surface area (Å²) in [5.41, 5.74) is -2.42. The molecule has 0 spiro atoms. The van der Waals surface area contributed by atoms with Crippen molar-refractivity contribution in [2.45, 2.75) is 0 Å². The second-order valence-corrected chi connectivity index (χ2v) is 2.46. The highest BCUT2D eigenvalue weighted by molar-refractivity contribution is 5.89. The lowest BCUT2D eigenvalue weighted by Gasteiger charge is -1.96. The smallest absolute Gasteiger partial charge is 0.336 e. The Morgan fingerprint density at radius 2 is 1.80 bits per heavy atom. The summed E-state index contributed by atoms with van der Waals surface area (Å²) >= 11 is 0. The van der Waals surface area contributed by atoms with Crippen molar-refractivity contribution in [2.75, 3.05) is 0 Å². The fraction of sp³-hybridized carbons (Fsp3) is 0. The van der Waals surface area contributed by atoms with E-state index < -0.39 is 38.8 Å². The molecule has 15 heavy (non-hydrogen) atoms. The summed E-state index contributed by atoms with van der Waals surface area (Å²) in [5, 5.41) is 29.4. The summed E-state index contributed by atoms with van der Waals surface area (Å²) < 4.78 is 7.20. The molecule has 1 N–H and O–H groups in total. The Bertz CT molecular complexity index is 465. The first-order valence-corrected chi connectivity index (χ1v) is 3.51. The molecule has 78 valence electrons. The van der Waals surface area contributed by atoms with Crippen LogP contribution in [0.25, 0.3) is 0 Å². The summed E-state index contributed by atoms with van der Waals surface area (Å²) in [7, 11) is 0. The highest BCUT2D eigenvalue weighted by Crippen LogP contribution is 2.22. The molecule has 0 heterocycles. The molecule has 0 saturated carbocycles. The van der Waals surface area contributed by atoms with Crippen LogP contribution in [0, 0.1) is 20.2 Å². The standard InChI is InChI=1S/C7H4N2O6/c10-7(11)4-1-5(8(12)13)3-6(2-4)9(14)15/h1-3H,(H,10,11)/i1D. The second-order valence-electron chi connectivity index (χ2n) is 2.46. The van der Waals surface area contributed by atoms with Crippen LogP contribution in [0.15, 0.2) is 18.2 Å². The minimum absolute atomic E-state index is 0.550. The molecule has 0 atom stereocenters. The average Bonchev–Trinajstić information content (AvgIpc) is 2.16. The Kier molecular flexibility index (Phi) is 2.23. The highest BCUT2D eigenvalue weighted by atomic mass is 16.6. The minimum Gasteiger partial charge on any atom is -0.478 e. The second kappa shape index (κ2) is 3.70. The lowest BCUT2D eigenvalue weighted by Crippen LogP contribution is -2.00. The highest BCUT2D eigenvalue weighted by Gasteiger charge is 2.18. The molecule has 0 aliphatic rings. The van der Waals surface area contributed by atoms with Crippen molar-refractivity contribution < 1.29 is 21.1 Å². The van der Waals surface area contributed by atoms with Crippen molar-refractivity contribution in [3.8, 4) is 0 Å². The third-order valence-corrected chi connectivity index (χ3v) is 1.48.